The molecule has 1 saturated heterocycles. The van der Waals surface area contributed by atoms with Gasteiger partial charge in [-0.05, 0) is 6.42 Å². The van der Waals surface area contributed by atoms with Crippen LogP contribution in [0.25, 0.3) is 0 Å². The largest absolute Gasteiger partial charge is 0.411 e. The zero-order valence-electron chi connectivity index (χ0n) is 10.7. The third kappa shape index (κ3) is 3.51. The van der Waals surface area contributed by atoms with Gasteiger partial charge in [-0.15, -0.1) is 0 Å². The minimum absolute atomic E-state index is 0.192. The van der Waals surface area contributed by atoms with Crippen molar-refractivity contribution in [2.75, 3.05) is 19.6 Å². The molecule has 0 radical (unpaired) electrons. The van der Waals surface area contributed by atoms with Gasteiger partial charge in [0.25, 0.3) is 5.69 Å². The normalized spacial score (nSPS) is 16.3. The number of para-hydroxylation sites is 1. The van der Waals surface area contributed by atoms with Gasteiger partial charge in [0.05, 0.1) is 10.6 Å². The molecular formula is C13H17N3O3. The third-order valence-corrected chi connectivity index (χ3v) is 3.46. The quantitative estimate of drug-likeness (QED) is 0.512. The summed E-state index contributed by atoms with van der Waals surface area (Å²) in [4.78, 5) is 12.8. The molecule has 0 saturated carbocycles. The van der Waals surface area contributed by atoms with E-state index < -0.39 is 0 Å². The summed E-state index contributed by atoms with van der Waals surface area (Å²) >= 11 is 0. The Morgan fingerprint density at radius 2 is 2.00 bits per heavy atom. The van der Waals surface area contributed by atoms with Gasteiger partial charge in [-0.3, -0.25) is 10.1 Å². The van der Waals surface area contributed by atoms with Crippen molar-refractivity contribution < 1.29 is 10.1 Å². The molecule has 2 rings (SSSR count). The lowest BCUT2D eigenvalue weighted by molar-refractivity contribution is -0.385. The number of piperidine rings is 1. The second-order valence-electron chi connectivity index (χ2n) is 4.64. The van der Waals surface area contributed by atoms with Crippen molar-refractivity contribution in [3.05, 3.63) is 39.9 Å². The summed E-state index contributed by atoms with van der Waals surface area (Å²) in [6.07, 6.45) is 2.21. The van der Waals surface area contributed by atoms with Gasteiger partial charge in [0, 0.05) is 44.1 Å². The molecule has 1 aromatic carbocycles. The van der Waals surface area contributed by atoms with Crippen molar-refractivity contribution in [1.29, 1.82) is 0 Å². The standard InChI is InChI=1S/C13H17N3O3/c17-14-12-6-9-15(10-7-12)8-5-11-3-1-2-4-13(11)16(18)19/h1-4,17H,5-10H2. The molecule has 1 fully saturated rings. The van der Waals surface area contributed by atoms with Gasteiger partial charge in [0.2, 0.25) is 0 Å². The lowest BCUT2D eigenvalue weighted by Gasteiger charge is -2.26. The highest BCUT2D eigenvalue weighted by atomic mass is 16.6. The maximum absolute atomic E-state index is 10.9. The Labute approximate surface area is 111 Å². The van der Waals surface area contributed by atoms with Gasteiger partial charge in [0.15, 0.2) is 0 Å². The molecule has 19 heavy (non-hydrogen) atoms. The average molecular weight is 263 g/mol. The van der Waals surface area contributed by atoms with Crippen molar-refractivity contribution in [2.24, 2.45) is 5.16 Å². The van der Waals surface area contributed by atoms with Crippen LogP contribution in [0.3, 0.4) is 0 Å². The van der Waals surface area contributed by atoms with E-state index in [0.29, 0.717) is 6.42 Å². The van der Waals surface area contributed by atoms with Crippen LogP contribution in [-0.4, -0.2) is 40.4 Å². The average Bonchev–Trinajstić information content (AvgIpc) is 2.46. The summed E-state index contributed by atoms with van der Waals surface area (Å²) in [7, 11) is 0. The van der Waals surface area contributed by atoms with Gasteiger partial charge < -0.3 is 10.1 Å². The fourth-order valence-electron chi connectivity index (χ4n) is 2.31. The minimum atomic E-state index is -0.331. The predicted molar refractivity (Wildman–Crippen MR) is 71.7 cm³/mol. The second-order valence-corrected chi connectivity index (χ2v) is 4.64. The van der Waals surface area contributed by atoms with Gasteiger partial charge in [0.1, 0.15) is 0 Å². The first-order valence-electron chi connectivity index (χ1n) is 6.35. The van der Waals surface area contributed by atoms with E-state index in [2.05, 4.69) is 10.1 Å². The zero-order chi connectivity index (χ0) is 13.7. The van der Waals surface area contributed by atoms with Crippen LogP contribution < -0.4 is 0 Å². The summed E-state index contributed by atoms with van der Waals surface area (Å²) in [5.41, 5.74) is 1.80. The Morgan fingerprint density at radius 3 is 2.63 bits per heavy atom. The van der Waals surface area contributed by atoms with Crippen LogP contribution in [0.1, 0.15) is 18.4 Å². The number of oxime groups is 1. The number of nitrogens with zero attached hydrogens (tertiary/aromatic N) is 3. The summed E-state index contributed by atoms with van der Waals surface area (Å²) in [5.74, 6) is 0. The maximum atomic E-state index is 10.9. The monoisotopic (exact) mass is 263 g/mol. The molecule has 0 aliphatic carbocycles. The molecule has 6 nitrogen and oxygen atoms in total. The van der Waals surface area contributed by atoms with Gasteiger partial charge in [-0.1, -0.05) is 23.4 Å². The number of hydrogen-bond donors (Lipinski definition) is 1. The second kappa shape index (κ2) is 6.29. The van der Waals surface area contributed by atoms with E-state index in [1.807, 2.05) is 12.1 Å². The minimum Gasteiger partial charge on any atom is -0.411 e. The van der Waals surface area contributed by atoms with Gasteiger partial charge in [-0.25, -0.2) is 0 Å². The molecule has 0 unspecified atom stereocenters. The highest BCUT2D eigenvalue weighted by Gasteiger charge is 2.17. The molecule has 0 bridgehead atoms. The van der Waals surface area contributed by atoms with Crippen LogP contribution in [0.2, 0.25) is 0 Å². The number of likely N-dealkylation sites (tertiary alicyclic amines) is 1. The molecule has 1 heterocycles. The van der Waals surface area contributed by atoms with E-state index in [0.717, 1.165) is 43.8 Å². The lowest BCUT2D eigenvalue weighted by Crippen LogP contribution is -2.35. The Kier molecular flexibility index (Phi) is 4.46. The van der Waals surface area contributed by atoms with E-state index in [9.17, 15) is 10.1 Å². The van der Waals surface area contributed by atoms with Crippen molar-refractivity contribution >= 4 is 11.4 Å². The van der Waals surface area contributed by atoms with E-state index in [1.165, 1.54) is 0 Å². The van der Waals surface area contributed by atoms with E-state index in [-0.39, 0.29) is 10.6 Å². The maximum Gasteiger partial charge on any atom is 0.272 e. The Hall–Kier alpha value is -1.95. The van der Waals surface area contributed by atoms with Crippen molar-refractivity contribution in [3.63, 3.8) is 0 Å². The first-order chi connectivity index (χ1) is 9.20. The first kappa shape index (κ1) is 13.5. The molecule has 1 aromatic rings. The Morgan fingerprint density at radius 1 is 1.32 bits per heavy atom. The predicted octanol–water partition coefficient (Wildman–Crippen LogP) is 2.06. The molecule has 0 spiro atoms. The molecule has 6 heteroatoms. The van der Waals surface area contributed by atoms with Crippen molar-refractivity contribution in [3.8, 4) is 0 Å². The highest BCUT2D eigenvalue weighted by Crippen LogP contribution is 2.19. The van der Waals surface area contributed by atoms with Gasteiger partial charge >= 0.3 is 0 Å². The summed E-state index contributed by atoms with van der Waals surface area (Å²) in [5, 5.41) is 22.8. The SMILES string of the molecule is O=[N+]([O-])c1ccccc1CCN1CCC(=NO)CC1. The Bertz CT molecular complexity index is 478. The molecule has 1 aliphatic rings. The molecule has 0 atom stereocenters. The zero-order valence-corrected chi connectivity index (χ0v) is 10.7. The molecule has 102 valence electrons. The van der Waals surface area contributed by atoms with E-state index in [4.69, 9.17) is 5.21 Å². The molecular weight excluding hydrogens is 246 g/mol. The van der Waals surface area contributed by atoms with Crippen LogP contribution in [-0.2, 0) is 6.42 Å². The number of nitro benzene ring substituents is 1. The van der Waals surface area contributed by atoms with E-state index >= 15 is 0 Å². The van der Waals surface area contributed by atoms with Gasteiger partial charge in [-0.2, -0.15) is 0 Å². The van der Waals surface area contributed by atoms with E-state index in [1.54, 1.807) is 12.1 Å². The lowest BCUT2D eigenvalue weighted by atomic mass is 10.1. The fraction of sp³-hybridized carbons (Fsp3) is 0.462. The van der Waals surface area contributed by atoms with Crippen LogP contribution in [0.15, 0.2) is 29.4 Å². The molecule has 0 aromatic heterocycles. The highest BCUT2D eigenvalue weighted by molar-refractivity contribution is 5.84. The Balaban J connectivity index is 1.91. The smallest absolute Gasteiger partial charge is 0.272 e. The van der Waals surface area contributed by atoms with Crippen LogP contribution >= 0.6 is 0 Å². The number of benzene rings is 1. The third-order valence-electron chi connectivity index (χ3n) is 3.46. The van der Waals surface area contributed by atoms with Crippen LogP contribution in [0, 0.1) is 10.1 Å². The number of nitro groups is 1. The first-order valence-corrected chi connectivity index (χ1v) is 6.35. The summed E-state index contributed by atoms with van der Waals surface area (Å²) < 4.78 is 0. The number of rotatable bonds is 4. The van der Waals surface area contributed by atoms with Crippen molar-refractivity contribution in [2.45, 2.75) is 19.3 Å². The summed E-state index contributed by atoms with van der Waals surface area (Å²) in [6, 6.07) is 6.87. The summed E-state index contributed by atoms with van der Waals surface area (Å²) in [6.45, 7) is 2.49. The molecule has 1 N–H and O–H groups in total. The molecule has 1 aliphatic heterocycles. The number of hydrogen-bond acceptors (Lipinski definition) is 5. The molecule has 0 amide bonds. The van der Waals surface area contributed by atoms with Crippen LogP contribution in [0.4, 0.5) is 5.69 Å². The van der Waals surface area contributed by atoms with Crippen LogP contribution in [0.5, 0.6) is 0 Å². The van der Waals surface area contributed by atoms with Crippen molar-refractivity contribution in [1.82, 2.24) is 4.90 Å². The topological polar surface area (TPSA) is 79.0 Å². The fourth-order valence-corrected chi connectivity index (χ4v) is 2.31.